The SMILES string of the molecule is CCCNC(=O)C1CCN(C(=O)Cn2nnc(-c3ccccc3)n2)CC1. The molecule has 0 unspecified atom stereocenters. The third-order valence-corrected chi connectivity index (χ3v) is 4.53. The van der Waals surface area contributed by atoms with Crippen LogP contribution < -0.4 is 5.32 Å². The van der Waals surface area contributed by atoms with Gasteiger partial charge in [-0.1, -0.05) is 37.3 Å². The molecule has 8 heteroatoms. The molecular formula is C18H24N6O2. The summed E-state index contributed by atoms with van der Waals surface area (Å²) in [5, 5.41) is 15.2. The summed E-state index contributed by atoms with van der Waals surface area (Å²) in [5.41, 5.74) is 0.866. The van der Waals surface area contributed by atoms with Gasteiger partial charge in [0.1, 0.15) is 6.54 Å². The van der Waals surface area contributed by atoms with Gasteiger partial charge in [0.15, 0.2) is 0 Å². The van der Waals surface area contributed by atoms with E-state index in [1.165, 1.54) is 4.80 Å². The number of benzene rings is 1. The molecule has 2 heterocycles. The van der Waals surface area contributed by atoms with E-state index in [1.807, 2.05) is 37.3 Å². The molecule has 2 aromatic rings. The van der Waals surface area contributed by atoms with Crippen molar-refractivity contribution in [2.24, 2.45) is 5.92 Å². The fraction of sp³-hybridized carbons (Fsp3) is 0.500. The summed E-state index contributed by atoms with van der Waals surface area (Å²) in [7, 11) is 0. The van der Waals surface area contributed by atoms with E-state index in [-0.39, 0.29) is 24.3 Å². The Bertz CT molecular complexity index is 737. The minimum Gasteiger partial charge on any atom is -0.356 e. The zero-order valence-electron chi connectivity index (χ0n) is 15.0. The number of nitrogens with zero attached hydrogens (tertiary/aromatic N) is 5. The second kappa shape index (κ2) is 8.55. The summed E-state index contributed by atoms with van der Waals surface area (Å²) in [4.78, 5) is 27.6. The predicted molar refractivity (Wildman–Crippen MR) is 95.9 cm³/mol. The number of carbonyl (C=O) groups is 2. The van der Waals surface area contributed by atoms with Gasteiger partial charge >= 0.3 is 0 Å². The molecule has 1 aliphatic heterocycles. The van der Waals surface area contributed by atoms with E-state index in [0.29, 0.717) is 38.3 Å². The average Bonchev–Trinajstić information content (AvgIpc) is 3.15. The quantitative estimate of drug-likeness (QED) is 0.837. The molecule has 0 spiro atoms. The molecule has 8 nitrogen and oxygen atoms in total. The summed E-state index contributed by atoms with van der Waals surface area (Å²) in [6.45, 7) is 3.97. The molecule has 26 heavy (non-hydrogen) atoms. The van der Waals surface area contributed by atoms with Crippen molar-refractivity contribution < 1.29 is 9.59 Å². The standard InChI is InChI=1S/C18H24N6O2/c1-2-10-19-18(26)15-8-11-23(12-9-15)16(25)13-24-21-17(20-22-24)14-6-4-3-5-7-14/h3-7,15H,2,8-13H2,1H3,(H,19,26). The smallest absolute Gasteiger partial charge is 0.246 e. The van der Waals surface area contributed by atoms with E-state index in [1.54, 1.807) is 4.90 Å². The Hall–Kier alpha value is -2.77. The summed E-state index contributed by atoms with van der Waals surface area (Å²) in [5.74, 6) is 0.559. The van der Waals surface area contributed by atoms with Crippen LogP contribution in [0.3, 0.4) is 0 Å². The minimum absolute atomic E-state index is 0.000205. The molecule has 0 bridgehead atoms. The zero-order valence-corrected chi connectivity index (χ0v) is 15.0. The molecule has 0 aliphatic carbocycles. The maximum absolute atomic E-state index is 12.5. The van der Waals surface area contributed by atoms with Crippen LogP contribution in [0, 0.1) is 5.92 Å². The highest BCUT2D eigenvalue weighted by Gasteiger charge is 2.27. The molecule has 1 fully saturated rings. The van der Waals surface area contributed by atoms with Crippen molar-refractivity contribution in [1.82, 2.24) is 30.4 Å². The van der Waals surface area contributed by atoms with Crippen molar-refractivity contribution in [2.45, 2.75) is 32.7 Å². The van der Waals surface area contributed by atoms with E-state index in [2.05, 4.69) is 20.7 Å². The molecule has 1 aromatic heterocycles. The molecule has 3 rings (SSSR count). The number of hydrogen-bond acceptors (Lipinski definition) is 5. The molecule has 0 saturated carbocycles. The van der Waals surface area contributed by atoms with Crippen LogP contribution in [-0.2, 0) is 16.1 Å². The monoisotopic (exact) mass is 356 g/mol. The first-order valence-corrected chi connectivity index (χ1v) is 9.06. The van der Waals surface area contributed by atoms with Crippen molar-refractivity contribution in [3.8, 4) is 11.4 Å². The normalized spacial score (nSPS) is 15.0. The van der Waals surface area contributed by atoms with Gasteiger partial charge in [0, 0.05) is 31.1 Å². The summed E-state index contributed by atoms with van der Waals surface area (Å²) < 4.78 is 0. The average molecular weight is 356 g/mol. The highest BCUT2D eigenvalue weighted by molar-refractivity contribution is 5.80. The number of likely N-dealkylation sites (tertiary alicyclic amines) is 1. The van der Waals surface area contributed by atoms with Crippen LogP contribution in [0.15, 0.2) is 30.3 Å². The van der Waals surface area contributed by atoms with Gasteiger partial charge in [0.25, 0.3) is 0 Å². The number of hydrogen-bond donors (Lipinski definition) is 1. The Balaban J connectivity index is 1.50. The fourth-order valence-corrected chi connectivity index (χ4v) is 3.02. The second-order valence-corrected chi connectivity index (χ2v) is 6.46. The van der Waals surface area contributed by atoms with Crippen LogP contribution >= 0.6 is 0 Å². The van der Waals surface area contributed by atoms with Crippen LogP contribution in [-0.4, -0.2) is 56.6 Å². The van der Waals surface area contributed by atoms with Crippen LogP contribution in [0.5, 0.6) is 0 Å². The maximum Gasteiger partial charge on any atom is 0.246 e. The molecule has 1 aromatic carbocycles. The van der Waals surface area contributed by atoms with Crippen LogP contribution in [0.25, 0.3) is 11.4 Å². The lowest BCUT2D eigenvalue weighted by Gasteiger charge is -2.31. The zero-order chi connectivity index (χ0) is 18.4. The first-order chi connectivity index (χ1) is 12.7. The predicted octanol–water partition coefficient (Wildman–Crippen LogP) is 1.10. The number of carbonyl (C=O) groups excluding carboxylic acids is 2. The Morgan fingerprint density at radius 2 is 1.92 bits per heavy atom. The summed E-state index contributed by atoms with van der Waals surface area (Å²) in [6.07, 6.45) is 2.32. The van der Waals surface area contributed by atoms with E-state index in [4.69, 9.17) is 0 Å². The Morgan fingerprint density at radius 3 is 2.62 bits per heavy atom. The molecule has 1 saturated heterocycles. The van der Waals surface area contributed by atoms with Crippen molar-refractivity contribution >= 4 is 11.8 Å². The van der Waals surface area contributed by atoms with E-state index in [9.17, 15) is 9.59 Å². The second-order valence-electron chi connectivity index (χ2n) is 6.46. The highest BCUT2D eigenvalue weighted by Crippen LogP contribution is 2.18. The largest absolute Gasteiger partial charge is 0.356 e. The molecule has 138 valence electrons. The van der Waals surface area contributed by atoms with Gasteiger partial charge in [-0.2, -0.15) is 4.80 Å². The lowest BCUT2D eigenvalue weighted by Crippen LogP contribution is -2.44. The van der Waals surface area contributed by atoms with Crippen LogP contribution in [0.2, 0.25) is 0 Å². The minimum atomic E-state index is -0.0468. The first kappa shape index (κ1) is 18.0. The number of aromatic nitrogens is 4. The highest BCUT2D eigenvalue weighted by atomic mass is 16.2. The van der Waals surface area contributed by atoms with Gasteiger partial charge in [-0.15, -0.1) is 10.2 Å². The Morgan fingerprint density at radius 1 is 1.19 bits per heavy atom. The van der Waals surface area contributed by atoms with Crippen LogP contribution in [0.1, 0.15) is 26.2 Å². The van der Waals surface area contributed by atoms with Gasteiger partial charge in [-0.25, -0.2) is 0 Å². The molecule has 1 aliphatic rings. The third kappa shape index (κ3) is 4.44. The van der Waals surface area contributed by atoms with Crippen molar-refractivity contribution in [3.05, 3.63) is 30.3 Å². The molecule has 2 amide bonds. The Labute approximate surface area is 152 Å². The van der Waals surface area contributed by atoms with Gasteiger partial charge in [0.2, 0.25) is 17.6 Å². The topological polar surface area (TPSA) is 93.0 Å². The van der Waals surface area contributed by atoms with Crippen molar-refractivity contribution in [3.63, 3.8) is 0 Å². The van der Waals surface area contributed by atoms with Gasteiger partial charge < -0.3 is 10.2 Å². The molecule has 1 N–H and O–H groups in total. The number of amides is 2. The number of nitrogens with one attached hydrogen (secondary N) is 1. The molecule has 0 radical (unpaired) electrons. The number of tetrazole rings is 1. The van der Waals surface area contributed by atoms with E-state index < -0.39 is 0 Å². The number of rotatable bonds is 6. The lowest BCUT2D eigenvalue weighted by molar-refractivity contribution is -0.136. The van der Waals surface area contributed by atoms with Gasteiger partial charge in [-0.05, 0) is 24.5 Å². The summed E-state index contributed by atoms with van der Waals surface area (Å²) in [6, 6.07) is 9.53. The van der Waals surface area contributed by atoms with Crippen molar-refractivity contribution in [1.29, 1.82) is 0 Å². The van der Waals surface area contributed by atoms with E-state index in [0.717, 1.165) is 12.0 Å². The third-order valence-electron chi connectivity index (χ3n) is 4.53. The maximum atomic E-state index is 12.5. The van der Waals surface area contributed by atoms with Crippen LogP contribution in [0.4, 0.5) is 0 Å². The van der Waals surface area contributed by atoms with Gasteiger partial charge in [-0.3, -0.25) is 9.59 Å². The fourth-order valence-electron chi connectivity index (χ4n) is 3.02. The lowest BCUT2D eigenvalue weighted by atomic mass is 9.96. The first-order valence-electron chi connectivity index (χ1n) is 9.06. The van der Waals surface area contributed by atoms with Crippen molar-refractivity contribution in [2.75, 3.05) is 19.6 Å². The molecule has 0 atom stereocenters. The van der Waals surface area contributed by atoms with Gasteiger partial charge in [0.05, 0.1) is 0 Å². The summed E-state index contributed by atoms with van der Waals surface area (Å²) >= 11 is 0. The van der Waals surface area contributed by atoms with E-state index >= 15 is 0 Å². The Kier molecular flexibility index (Phi) is 5.93. The molecular weight excluding hydrogens is 332 g/mol. The number of piperidine rings is 1.